The van der Waals surface area contributed by atoms with Crippen molar-refractivity contribution in [1.82, 2.24) is 5.32 Å². The third-order valence-electron chi connectivity index (χ3n) is 2.42. The molecule has 0 aliphatic carbocycles. The molecule has 94 valence electrons. The molecule has 0 heterocycles. The van der Waals surface area contributed by atoms with Crippen LogP contribution in [-0.2, 0) is 0 Å². The van der Waals surface area contributed by atoms with Gasteiger partial charge in [0.05, 0.1) is 11.7 Å². The lowest BCUT2D eigenvalue weighted by atomic mass is 10.1. The van der Waals surface area contributed by atoms with Crippen molar-refractivity contribution >= 4 is 37.8 Å². The Morgan fingerprint density at radius 1 is 1.41 bits per heavy atom. The number of aliphatic hydroxyl groups excluding tert-OH is 1. The third kappa shape index (κ3) is 4.41. The first-order chi connectivity index (χ1) is 7.91. The van der Waals surface area contributed by atoms with Gasteiger partial charge in [-0.25, -0.2) is 0 Å². The van der Waals surface area contributed by atoms with Crippen LogP contribution in [0.2, 0.25) is 0 Å². The van der Waals surface area contributed by atoms with E-state index >= 15 is 0 Å². The molecule has 1 rings (SSSR count). The van der Waals surface area contributed by atoms with Crippen molar-refractivity contribution in [3.8, 4) is 0 Å². The normalized spacial score (nSPS) is 12.6. The van der Waals surface area contributed by atoms with Crippen molar-refractivity contribution in [3.05, 3.63) is 32.7 Å². The van der Waals surface area contributed by atoms with E-state index in [9.17, 15) is 9.90 Å². The molecule has 1 aromatic carbocycles. The standard InChI is InChI=1S/C12H15Br2NO2/c1-7(2)11(16)6-15-12(17)9-4-3-8(13)5-10(9)14/h3-5,7,11,16H,6H2,1-2H3,(H,15,17). The van der Waals surface area contributed by atoms with Crippen molar-refractivity contribution in [2.75, 3.05) is 6.54 Å². The number of aliphatic hydroxyl groups is 1. The average molecular weight is 365 g/mol. The van der Waals surface area contributed by atoms with Gasteiger partial charge in [-0.1, -0.05) is 29.8 Å². The topological polar surface area (TPSA) is 49.3 Å². The molecule has 1 aromatic rings. The molecule has 0 aliphatic heterocycles. The molecule has 0 saturated carbocycles. The van der Waals surface area contributed by atoms with Gasteiger partial charge in [0.25, 0.3) is 5.91 Å². The van der Waals surface area contributed by atoms with E-state index in [0.29, 0.717) is 5.56 Å². The minimum absolute atomic E-state index is 0.128. The first-order valence-corrected chi connectivity index (χ1v) is 6.91. The number of hydrogen-bond acceptors (Lipinski definition) is 2. The highest BCUT2D eigenvalue weighted by Gasteiger charge is 2.13. The van der Waals surface area contributed by atoms with Crippen LogP contribution in [0, 0.1) is 5.92 Å². The van der Waals surface area contributed by atoms with Crippen LogP contribution < -0.4 is 5.32 Å². The second-order valence-electron chi connectivity index (χ2n) is 4.15. The summed E-state index contributed by atoms with van der Waals surface area (Å²) in [6.45, 7) is 4.08. The van der Waals surface area contributed by atoms with Crippen LogP contribution in [0.25, 0.3) is 0 Å². The van der Waals surface area contributed by atoms with Gasteiger partial charge in [0, 0.05) is 15.5 Å². The Morgan fingerprint density at radius 3 is 2.59 bits per heavy atom. The van der Waals surface area contributed by atoms with Crippen LogP contribution in [0.4, 0.5) is 0 Å². The molecule has 0 saturated heterocycles. The molecule has 0 bridgehead atoms. The summed E-state index contributed by atoms with van der Waals surface area (Å²) in [5.41, 5.74) is 0.559. The number of carbonyl (C=O) groups excluding carboxylic acids is 1. The molecular formula is C12H15Br2NO2. The number of carbonyl (C=O) groups is 1. The highest BCUT2D eigenvalue weighted by atomic mass is 79.9. The summed E-state index contributed by atoms with van der Waals surface area (Å²) in [6, 6.07) is 5.34. The monoisotopic (exact) mass is 363 g/mol. The number of nitrogens with one attached hydrogen (secondary N) is 1. The Bertz CT molecular complexity index is 407. The highest BCUT2D eigenvalue weighted by molar-refractivity contribution is 9.11. The molecule has 0 aliphatic rings. The van der Waals surface area contributed by atoms with Crippen LogP contribution in [0.5, 0.6) is 0 Å². The van der Waals surface area contributed by atoms with E-state index in [1.165, 1.54) is 0 Å². The lowest BCUT2D eigenvalue weighted by molar-refractivity contribution is 0.0871. The zero-order valence-corrected chi connectivity index (χ0v) is 12.9. The summed E-state index contributed by atoms with van der Waals surface area (Å²) in [7, 11) is 0. The molecule has 0 spiro atoms. The first kappa shape index (κ1) is 14.7. The van der Waals surface area contributed by atoms with Gasteiger partial charge in [-0.05, 0) is 40.0 Å². The fourth-order valence-electron chi connectivity index (χ4n) is 1.20. The summed E-state index contributed by atoms with van der Waals surface area (Å²) in [6.07, 6.45) is -0.520. The summed E-state index contributed by atoms with van der Waals surface area (Å²) in [5, 5.41) is 12.3. The Morgan fingerprint density at radius 2 is 2.06 bits per heavy atom. The summed E-state index contributed by atoms with van der Waals surface area (Å²) in [4.78, 5) is 11.8. The predicted molar refractivity (Wildman–Crippen MR) is 75.0 cm³/mol. The van der Waals surface area contributed by atoms with Gasteiger partial charge < -0.3 is 10.4 Å². The summed E-state index contributed by atoms with van der Waals surface area (Å²) < 4.78 is 1.63. The summed E-state index contributed by atoms with van der Waals surface area (Å²) in [5.74, 6) is -0.0623. The predicted octanol–water partition coefficient (Wildman–Crippen LogP) is 2.96. The molecule has 1 unspecified atom stereocenters. The minimum Gasteiger partial charge on any atom is -0.391 e. The molecular weight excluding hydrogens is 350 g/mol. The lowest BCUT2D eigenvalue weighted by Gasteiger charge is -2.15. The highest BCUT2D eigenvalue weighted by Crippen LogP contribution is 2.21. The van der Waals surface area contributed by atoms with Crippen molar-refractivity contribution in [3.63, 3.8) is 0 Å². The largest absolute Gasteiger partial charge is 0.391 e. The fraction of sp³-hybridized carbons (Fsp3) is 0.417. The average Bonchev–Trinajstić information content (AvgIpc) is 2.25. The van der Waals surface area contributed by atoms with Gasteiger partial charge in [0.2, 0.25) is 0 Å². The molecule has 2 N–H and O–H groups in total. The molecule has 0 fully saturated rings. The number of hydrogen-bond donors (Lipinski definition) is 2. The zero-order valence-electron chi connectivity index (χ0n) is 9.71. The maximum atomic E-state index is 11.8. The van der Waals surface area contributed by atoms with Gasteiger partial charge in [-0.3, -0.25) is 4.79 Å². The van der Waals surface area contributed by atoms with E-state index in [1.54, 1.807) is 12.1 Å². The van der Waals surface area contributed by atoms with Gasteiger partial charge >= 0.3 is 0 Å². The van der Waals surface area contributed by atoms with Crippen molar-refractivity contribution in [2.24, 2.45) is 5.92 Å². The van der Waals surface area contributed by atoms with Crippen LogP contribution >= 0.6 is 31.9 Å². The summed E-state index contributed by atoms with van der Waals surface area (Å²) >= 11 is 6.66. The second-order valence-corrected chi connectivity index (χ2v) is 5.92. The number of rotatable bonds is 4. The van der Waals surface area contributed by atoms with Gasteiger partial charge in [0.1, 0.15) is 0 Å². The molecule has 1 atom stereocenters. The quantitative estimate of drug-likeness (QED) is 0.862. The Labute approximate surface area is 118 Å². The molecule has 5 heteroatoms. The molecule has 3 nitrogen and oxygen atoms in total. The molecule has 1 amide bonds. The fourth-order valence-corrected chi connectivity index (χ4v) is 2.43. The maximum Gasteiger partial charge on any atom is 0.252 e. The van der Waals surface area contributed by atoms with Crippen LogP contribution in [-0.4, -0.2) is 23.7 Å². The molecule has 0 radical (unpaired) electrons. The lowest BCUT2D eigenvalue weighted by Crippen LogP contribution is -2.34. The van der Waals surface area contributed by atoms with Crippen LogP contribution in [0.1, 0.15) is 24.2 Å². The maximum absolute atomic E-state index is 11.8. The van der Waals surface area contributed by atoms with Gasteiger partial charge in [-0.15, -0.1) is 0 Å². The van der Waals surface area contributed by atoms with E-state index in [2.05, 4.69) is 37.2 Å². The Balaban J connectivity index is 2.64. The first-order valence-electron chi connectivity index (χ1n) is 5.33. The van der Waals surface area contributed by atoms with Crippen LogP contribution in [0.3, 0.4) is 0 Å². The van der Waals surface area contributed by atoms with Crippen molar-refractivity contribution < 1.29 is 9.90 Å². The number of halogens is 2. The zero-order chi connectivity index (χ0) is 13.0. The van der Waals surface area contributed by atoms with Crippen molar-refractivity contribution in [1.29, 1.82) is 0 Å². The smallest absolute Gasteiger partial charge is 0.252 e. The van der Waals surface area contributed by atoms with Crippen molar-refractivity contribution in [2.45, 2.75) is 20.0 Å². The SMILES string of the molecule is CC(C)C(O)CNC(=O)c1ccc(Br)cc1Br. The molecule has 17 heavy (non-hydrogen) atoms. The minimum atomic E-state index is -0.520. The molecule has 0 aromatic heterocycles. The second kappa shape index (κ2) is 6.52. The van der Waals surface area contributed by atoms with E-state index in [1.807, 2.05) is 19.9 Å². The van der Waals surface area contributed by atoms with E-state index in [-0.39, 0.29) is 18.4 Å². The Kier molecular flexibility index (Phi) is 5.62. The van der Waals surface area contributed by atoms with E-state index in [4.69, 9.17) is 0 Å². The number of benzene rings is 1. The van der Waals surface area contributed by atoms with Crippen LogP contribution in [0.15, 0.2) is 27.1 Å². The van der Waals surface area contributed by atoms with Gasteiger partial charge in [0.15, 0.2) is 0 Å². The Hall–Kier alpha value is -0.390. The van der Waals surface area contributed by atoms with E-state index in [0.717, 1.165) is 8.95 Å². The third-order valence-corrected chi connectivity index (χ3v) is 3.57. The number of amides is 1. The van der Waals surface area contributed by atoms with Gasteiger partial charge in [-0.2, -0.15) is 0 Å². The van der Waals surface area contributed by atoms with E-state index < -0.39 is 6.10 Å².